The standard InChI is InChI=1S/C26H19F4NO3/c1-15(10-25(32)31-19-5-3-4-17(11-19)26(28,29)30)20-12-21-22(16-6-8-18(27)9-7-16)14-34-24(21)13-23(20)33-2/h3-14H,1-2H3,(H,31,32)/b15-10+. The predicted octanol–water partition coefficient (Wildman–Crippen LogP) is 7.31. The zero-order valence-corrected chi connectivity index (χ0v) is 18.2. The molecule has 1 heterocycles. The number of alkyl halides is 3. The van der Waals surface area contributed by atoms with E-state index >= 15 is 0 Å². The maximum absolute atomic E-state index is 13.3. The van der Waals surface area contributed by atoms with Crippen molar-refractivity contribution in [3.8, 4) is 16.9 Å². The van der Waals surface area contributed by atoms with Gasteiger partial charge < -0.3 is 14.5 Å². The van der Waals surface area contributed by atoms with Crippen LogP contribution in [0.1, 0.15) is 18.1 Å². The Labute approximate surface area is 192 Å². The highest BCUT2D eigenvalue weighted by Gasteiger charge is 2.30. The Hall–Kier alpha value is -4.07. The number of anilines is 1. The van der Waals surface area contributed by atoms with E-state index in [0.29, 0.717) is 22.5 Å². The second kappa shape index (κ2) is 9.05. The van der Waals surface area contributed by atoms with Gasteiger partial charge in [-0.25, -0.2) is 4.39 Å². The molecule has 0 bridgehead atoms. The molecule has 0 saturated carbocycles. The third kappa shape index (κ3) is 4.80. The summed E-state index contributed by atoms with van der Waals surface area (Å²) in [6.45, 7) is 1.69. The van der Waals surface area contributed by atoms with Crippen molar-refractivity contribution < 1.29 is 31.5 Å². The van der Waals surface area contributed by atoms with E-state index in [4.69, 9.17) is 9.15 Å². The van der Waals surface area contributed by atoms with Crippen LogP contribution in [-0.2, 0) is 11.0 Å². The minimum Gasteiger partial charge on any atom is -0.496 e. The molecule has 4 nitrogen and oxygen atoms in total. The summed E-state index contributed by atoms with van der Waals surface area (Å²) in [5.74, 6) is -0.498. The molecular formula is C26H19F4NO3. The van der Waals surface area contributed by atoms with Crippen molar-refractivity contribution >= 4 is 28.1 Å². The first kappa shape index (κ1) is 23.1. The van der Waals surface area contributed by atoms with Crippen LogP contribution in [0.4, 0.5) is 23.2 Å². The van der Waals surface area contributed by atoms with Crippen molar-refractivity contribution in [3.05, 3.63) is 89.9 Å². The van der Waals surface area contributed by atoms with Gasteiger partial charge in [-0.1, -0.05) is 18.2 Å². The van der Waals surface area contributed by atoms with Gasteiger partial charge in [-0.05, 0) is 54.5 Å². The quantitative estimate of drug-likeness (QED) is 0.246. The van der Waals surface area contributed by atoms with Crippen molar-refractivity contribution in [2.24, 2.45) is 0 Å². The van der Waals surface area contributed by atoms with Gasteiger partial charge in [0.25, 0.3) is 0 Å². The first-order chi connectivity index (χ1) is 16.2. The normalized spacial score (nSPS) is 12.1. The summed E-state index contributed by atoms with van der Waals surface area (Å²) in [7, 11) is 1.48. The van der Waals surface area contributed by atoms with Gasteiger partial charge in [0.05, 0.1) is 18.9 Å². The molecule has 1 N–H and O–H groups in total. The number of carbonyl (C=O) groups excluding carboxylic acids is 1. The Bertz CT molecular complexity index is 1390. The van der Waals surface area contributed by atoms with E-state index in [1.165, 1.54) is 37.5 Å². The first-order valence-corrected chi connectivity index (χ1v) is 10.2. The molecule has 0 atom stereocenters. The molecule has 0 unspecified atom stereocenters. The first-order valence-electron chi connectivity index (χ1n) is 10.2. The SMILES string of the molecule is COc1cc2occ(-c3ccc(F)cc3)c2cc1/C(C)=C/C(=O)Nc1cccc(C(F)(F)F)c1. The topological polar surface area (TPSA) is 51.5 Å². The monoisotopic (exact) mass is 469 g/mol. The van der Waals surface area contributed by atoms with Crippen LogP contribution in [0.15, 0.2) is 77.4 Å². The average Bonchev–Trinajstić information content (AvgIpc) is 3.21. The largest absolute Gasteiger partial charge is 0.496 e. The number of nitrogens with one attached hydrogen (secondary N) is 1. The molecule has 4 aromatic rings. The minimum atomic E-state index is -4.51. The van der Waals surface area contributed by atoms with Crippen molar-refractivity contribution in [1.82, 2.24) is 0 Å². The number of halogens is 4. The summed E-state index contributed by atoms with van der Waals surface area (Å²) >= 11 is 0. The molecule has 1 amide bonds. The smallest absolute Gasteiger partial charge is 0.416 e. The highest BCUT2D eigenvalue weighted by molar-refractivity contribution is 6.05. The van der Waals surface area contributed by atoms with E-state index in [0.717, 1.165) is 28.6 Å². The summed E-state index contributed by atoms with van der Waals surface area (Å²) in [6, 6.07) is 13.8. The Balaban J connectivity index is 1.67. The Morgan fingerprint density at radius 3 is 2.47 bits per heavy atom. The lowest BCUT2D eigenvalue weighted by Crippen LogP contribution is -2.11. The third-order valence-corrected chi connectivity index (χ3v) is 5.28. The number of carbonyl (C=O) groups is 1. The van der Waals surface area contributed by atoms with E-state index in [-0.39, 0.29) is 11.5 Å². The van der Waals surface area contributed by atoms with E-state index < -0.39 is 17.6 Å². The number of benzene rings is 3. The van der Waals surface area contributed by atoms with Crippen molar-refractivity contribution in [3.63, 3.8) is 0 Å². The zero-order chi connectivity index (χ0) is 24.5. The molecule has 0 radical (unpaired) electrons. The molecule has 8 heteroatoms. The van der Waals surface area contributed by atoms with Crippen LogP contribution in [0.3, 0.4) is 0 Å². The van der Waals surface area contributed by atoms with E-state index in [2.05, 4.69) is 5.32 Å². The summed E-state index contributed by atoms with van der Waals surface area (Å²) in [6.07, 6.45) is -1.68. The fourth-order valence-electron chi connectivity index (χ4n) is 3.61. The Morgan fingerprint density at radius 1 is 1.06 bits per heavy atom. The number of allylic oxidation sites excluding steroid dienone is 1. The Morgan fingerprint density at radius 2 is 1.79 bits per heavy atom. The maximum Gasteiger partial charge on any atom is 0.416 e. The van der Waals surface area contributed by atoms with Crippen molar-refractivity contribution in [1.29, 1.82) is 0 Å². The third-order valence-electron chi connectivity index (χ3n) is 5.28. The number of furan rings is 1. The number of ether oxygens (including phenoxy) is 1. The van der Waals surface area contributed by atoms with Crippen LogP contribution >= 0.6 is 0 Å². The number of hydrogen-bond acceptors (Lipinski definition) is 3. The number of methoxy groups -OCH3 is 1. The molecule has 1 aromatic heterocycles. The fraction of sp³-hybridized carbons (Fsp3) is 0.115. The zero-order valence-electron chi connectivity index (χ0n) is 18.2. The second-order valence-corrected chi connectivity index (χ2v) is 7.60. The number of rotatable bonds is 5. The fourth-order valence-corrected chi connectivity index (χ4v) is 3.61. The molecule has 34 heavy (non-hydrogen) atoms. The molecule has 4 rings (SSSR count). The van der Waals surface area contributed by atoms with Crippen LogP contribution < -0.4 is 10.1 Å². The summed E-state index contributed by atoms with van der Waals surface area (Å²) < 4.78 is 63.2. The van der Waals surface area contributed by atoms with Gasteiger partial charge in [-0.3, -0.25) is 4.79 Å². The van der Waals surface area contributed by atoms with Gasteiger partial charge in [-0.2, -0.15) is 13.2 Å². The molecule has 0 spiro atoms. The molecule has 3 aromatic carbocycles. The molecular weight excluding hydrogens is 450 g/mol. The highest BCUT2D eigenvalue weighted by Crippen LogP contribution is 2.37. The highest BCUT2D eigenvalue weighted by atomic mass is 19.4. The number of fused-ring (bicyclic) bond motifs is 1. The molecule has 0 fully saturated rings. The summed E-state index contributed by atoms with van der Waals surface area (Å²) in [5, 5.41) is 3.19. The van der Waals surface area contributed by atoms with Crippen LogP contribution in [0, 0.1) is 5.82 Å². The minimum absolute atomic E-state index is 0.0275. The lowest BCUT2D eigenvalue weighted by Gasteiger charge is -2.11. The summed E-state index contributed by atoms with van der Waals surface area (Å²) in [4.78, 5) is 12.5. The van der Waals surface area contributed by atoms with Gasteiger partial charge in [0.15, 0.2) is 0 Å². The molecule has 0 aliphatic carbocycles. The summed E-state index contributed by atoms with van der Waals surface area (Å²) in [5.41, 5.74) is 2.32. The molecule has 0 aliphatic rings. The van der Waals surface area contributed by atoms with E-state index in [9.17, 15) is 22.4 Å². The molecule has 174 valence electrons. The van der Waals surface area contributed by atoms with Gasteiger partial charge in [0.1, 0.15) is 17.1 Å². The number of hydrogen-bond donors (Lipinski definition) is 1. The van der Waals surface area contributed by atoms with Gasteiger partial charge in [0, 0.05) is 34.3 Å². The van der Waals surface area contributed by atoms with Crippen molar-refractivity contribution in [2.75, 3.05) is 12.4 Å². The van der Waals surface area contributed by atoms with Crippen LogP contribution in [0.2, 0.25) is 0 Å². The molecule has 0 aliphatic heterocycles. The van der Waals surface area contributed by atoms with Crippen LogP contribution in [0.5, 0.6) is 5.75 Å². The van der Waals surface area contributed by atoms with Crippen LogP contribution in [-0.4, -0.2) is 13.0 Å². The van der Waals surface area contributed by atoms with Gasteiger partial charge in [-0.15, -0.1) is 0 Å². The number of amides is 1. The van der Waals surface area contributed by atoms with Gasteiger partial charge >= 0.3 is 6.18 Å². The average molecular weight is 469 g/mol. The van der Waals surface area contributed by atoms with E-state index in [1.807, 2.05) is 0 Å². The molecule has 0 saturated heterocycles. The lowest BCUT2D eigenvalue weighted by atomic mass is 9.99. The maximum atomic E-state index is 13.3. The van der Waals surface area contributed by atoms with Crippen molar-refractivity contribution in [2.45, 2.75) is 13.1 Å². The van der Waals surface area contributed by atoms with E-state index in [1.54, 1.807) is 37.5 Å². The Kier molecular flexibility index (Phi) is 6.15. The van der Waals surface area contributed by atoms with Crippen LogP contribution in [0.25, 0.3) is 27.7 Å². The lowest BCUT2D eigenvalue weighted by molar-refractivity contribution is -0.137. The second-order valence-electron chi connectivity index (χ2n) is 7.60. The predicted molar refractivity (Wildman–Crippen MR) is 122 cm³/mol. The van der Waals surface area contributed by atoms with Gasteiger partial charge in [0.2, 0.25) is 5.91 Å².